The average molecular weight is 357 g/mol. The quantitative estimate of drug-likeness (QED) is 0.839. The van der Waals surface area contributed by atoms with Gasteiger partial charge in [0.2, 0.25) is 0 Å². The summed E-state index contributed by atoms with van der Waals surface area (Å²) >= 11 is 0. The number of hydrogen-bond donors (Lipinski definition) is 1. The molecule has 2 rings (SSSR count). The van der Waals surface area contributed by atoms with Crippen molar-refractivity contribution in [1.29, 1.82) is 0 Å². The fraction of sp³-hybridized carbons (Fsp3) is 0.176. The minimum absolute atomic E-state index is 0. The van der Waals surface area contributed by atoms with Crippen molar-refractivity contribution in [2.45, 2.75) is 20.0 Å². The maximum Gasteiger partial charge on any atom is 0.416 e. The number of alkyl halides is 3. The molecule has 0 aliphatic heterocycles. The van der Waals surface area contributed by atoms with Gasteiger partial charge in [-0.3, -0.25) is 4.72 Å². The van der Waals surface area contributed by atoms with Gasteiger partial charge in [0.15, 0.2) is 0 Å². The molecule has 130 valence electrons. The van der Waals surface area contributed by atoms with Crippen molar-refractivity contribution >= 4 is 21.8 Å². The van der Waals surface area contributed by atoms with E-state index in [-0.39, 0.29) is 1.43 Å². The van der Waals surface area contributed by atoms with E-state index in [9.17, 15) is 21.6 Å². The van der Waals surface area contributed by atoms with Gasteiger partial charge in [-0.1, -0.05) is 29.8 Å². The first-order valence-electron chi connectivity index (χ1n) is 7.02. The molecule has 1 N–H and O–H groups in total. The van der Waals surface area contributed by atoms with Gasteiger partial charge in [0, 0.05) is 1.43 Å². The molecule has 0 radical (unpaired) electrons. The Kier molecular flexibility index (Phi) is 5.03. The fourth-order valence-electron chi connectivity index (χ4n) is 2.07. The van der Waals surface area contributed by atoms with E-state index in [0.717, 1.165) is 28.7 Å². The van der Waals surface area contributed by atoms with Gasteiger partial charge in [-0.2, -0.15) is 13.2 Å². The maximum absolute atomic E-state index is 12.5. The molecule has 2 aromatic carbocycles. The Morgan fingerprint density at radius 2 is 1.67 bits per heavy atom. The lowest BCUT2D eigenvalue weighted by Crippen LogP contribution is -2.10. The Hall–Kier alpha value is -2.28. The van der Waals surface area contributed by atoms with E-state index in [4.69, 9.17) is 0 Å². The van der Waals surface area contributed by atoms with E-state index in [2.05, 4.69) is 4.72 Å². The van der Waals surface area contributed by atoms with E-state index < -0.39 is 21.8 Å². The van der Waals surface area contributed by atoms with E-state index in [1.54, 1.807) is 19.1 Å². The van der Waals surface area contributed by atoms with Gasteiger partial charge in [-0.25, -0.2) is 8.42 Å². The molecule has 0 heterocycles. The Morgan fingerprint density at radius 3 is 2.21 bits per heavy atom. The second-order valence-corrected chi connectivity index (χ2v) is 6.95. The smallest absolute Gasteiger partial charge is 0.280 e. The van der Waals surface area contributed by atoms with Crippen LogP contribution in [0.1, 0.15) is 23.7 Å². The zero-order valence-electron chi connectivity index (χ0n) is 13.1. The van der Waals surface area contributed by atoms with Crippen molar-refractivity contribution in [3.05, 3.63) is 70.1 Å². The molecule has 0 spiro atoms. The molecular weight excluding hydrogens is 339 g/mol. The highest BCUT2D eigenvalue weighted by Gasteiger charge is 2.29. The number of nitrogens with one attached hydrogen (secondary N) is 1. The van der Waals surface area contributed by atoms with Gasteiger partial charge < -0.3 is 0 Å². The minimum Gasteiger partial charge on any atom is -0.280 e. The summed E-state index contributed by atoms with van der Waals surface area (Å²) in [6, 6.07) is 9.53. The molecule has 0 fully saturated rings. The zero-order chi connectivity index (χ0) is 18.0. The molecule has 0 amide bonds. The lowest BCUT2D eigenvalue weighted by molar-refractivity contribution is -0.137. The summed E-state index contributed by atoms with van der Waals surface area (Å²) < 4.78 is 64.0. The highest BCUT2D eigenvalue weighted by Crippen LogP contribution is 2.29. The first kappa shape index (κ1) is 18.1. The van der Waals surface area contributed by atoms with Crippen LogP contribution in [-0.4, -0.2) is 8.42 Å². The van der Waals surface area contributed by atoms with Crippen LogP contribution >= 0.6 is 0 Å². The van der Waals surface area contributed by atoms with Crippen LogP contribution in [0.4, 0.5) is 18.9 Å². The van der Waals surface area contributed by atoms with Crippen molar-refractivity contribution < 1.29 is 23.0 Å². The summed E-state index contributed by atoms with van der Waals surface area (Å²) in [6.45, 7) is 3.68. The van der Waals surface area contributed by atoms with Crippen molar-refractivity contribution in [1.82, 2.24) is 0 Å². The van der Waals surface area contributed by atoms with Crippen LogP contribution in [0, 0.1) is 13.8 Å². The van der Waals surface area contributed by atoms with Crippen LogP contribution in [0.3, 0.4) is 0 Å². The number of sulfonamides is 1. The number of halogens is 3. The van der Waals surface area contributed by atoms with Gasteiger partial charge in [-0.15, -0.1) is 0 Å². The van der Waals surface area contributed by atoms with Crippen LogP contribution in [0.2, 0.25) is 0 Å². The van der Waals surface area contributed by atoms with Gasteiger partial charge >= 0.3 is 6.18 Å². The molecule has 0 unspecified atom stereocenters. The fourth-order valence-corrected chi connectivity index (χ4v) is 3.01. The highest BCUT2D eigenvalue weighted by atomic mass is 32.2. The Morgan fingerprint density at radius 1 is 1.04 bits per heavy atom. The van der Waals surface area contributed by atoms with E-state index in [1.807, 2.05) is 13.0 Å². The second kappa shape index (κ2) is 6.68. The predicted octanol–water partition coefficient (Wildman–Crippen LogP) is 4.98. The van der Waals surface area contributed by atoms with Gasteiger partial charge in [0.1, 0.15) is 0 Å². The van der Waals surface area contributed by atoms with Gasteiger partial charge in [0.05, 0.1) is 16.7 Å². The normalized spacial score (nSPS) is 12.5. The molecule has 2 aromatic rings. The Bertz CT molecular complexity index is 860. The first-order valence-corrected chi connectivity index (χ1v) is 8.57. The van der Waals surface area contributed by atoms with Gasteiger partial charge in [0.25, 0.3) is 10.0 Å². The average Bonchev–Trinajstić information content (AvgIpc) is 2.48. The van der Waals surface area contributed by atoms with Crippen LogP contribution < -0.4 is 4.72 Å². The SMILES string of the molecule is Cc1ccc(NS(=O)(=O)/C=C/c2ccc(C(F)(F)F)cc2)c(C)c1.[HH]. The third kappa shape index (κ3) is 4.86. The molecule has 0 aromatic heterocycles. The van der Waals surface area contributed by atoms with E-state index in [0.29, 0.717) is 11.3 Å². The number of benzene rings is 2. The molecule has 3 nitrogen and oxygen atoms in total. The standard InChI is InChI=1S/C17H16F3NO2S.H2/c1-12-3-8-16(13(2)11-12)21-24(22,23)10-9-14-4-6-15(7-5-14)17(18,19)20;/h3-11,21H,1-2H3;1H/b10-9+;. The third-order valence-corrected chi connectivity index (χ3v) is 4.31. The van der Waals surface area contributed by atoms with E-state index in [1.165, 1.54) is 18.2 Å². The summed E-state index contributed by atoms with van der Waals surface area (Å²) in [4.78, 5) is 0. The highest BCUT2D eigenvalue weighted by molar-refractivity contribution is 7.95. The number of hydrogen-bond acceptors (Lipinski definition) is 2. The van der Waals surface area contributed by atoms with Crippen LogP contribution in [-0.2, 0) is 16.2 Å². The maximum atomic E-state index is 12.5. The molecule has 0 bridgehead atoms. The summed E-state index contributed by atoms with van der Waals surface area (Å²) in [5.74, 6) is 0. The largest absolute Gasteiger partial charge is 0.416 e. The summed E-state index contributed by atoms with van der Waals surface area (Å²) in [6.07, 6.45) is -3.18. The van der Waals surface area contributed by atoms with E-state index >= 15 is 0 Å². The molecule has 0 saturated heterocycles. The second-order valence-electron chi connectivity index (χ2n) is 5.39. The van der Waals surface area contributed by atoms with Crippen molar-refractivity contribution in [2.24, 2.45) is 0 Å². The summed E-state index contributed by atoms with van der Waals surface area (Å²) in [7, 11) is -3.76. The van der Waals surface area contributed by atoms with Gasteiger partial charge in [-0.05, 0) is 49.2 Å². The van der Waals surface area contributed by atoms with Crippen LogP contribution in [0.5, 0.6) is 0 Å². The summed E-state index contributed by atoms with van der Waals surface area (Å²) in [5.41, 5.74) is 1.82. The molecule has 0 saturated carbocycles. The molecule has 24 heavy (non-hydrogen) atoms. The third-order valence-electron chi connectivity index (χ3n) is 3.31. The Balaban J connectivity index is 0.00000312. The van der Waals surface area contributed by atoms with Crippen LogP contribution in [0.25, 0.3) is 6.08 Å². The lowest BCUT2D eigenvalue weighted by Gasteiger charge is -2.09. The molecule has 7 heteroatoms. The van der Waals surface area contributed by atoms with Crippen molar-refractivity contribution in [3.8, 4) is 0 Å². The first-order chi connectivity index (χ1) is 11.1. The molecule has 0 atom stereocenters. The topological polar surface area (TPSA) is 46.2 Å². The lowest BCUT2D eigenvalue weighted by atomic mass is 10.1. The molecule has 0 aliphatic carbocycles. The van der Waals surface area contributed by atoms with Crippen LogP contribution in [0.15, 0.2) is 47.9 Å². The number of anilines is 1. The minimum atomic E-state index is -4.42. The predicted molar refractivity (Wildman–Crippen MR) is 91.1 cm³/mol. The summed E-state index contributed by atoms with van der Waals surface area (Å²) in [5, 5.41) is 0.925. The zero-order valence-corrected chi connectivity index (χ0v) is 13.9. The van der Waals surface area contributed by atoms with Crippen molar-refractivity contribution in [2.75, 3.05) is 4.72 Å². The Labute approximate surface area is 140 Å². The number of rotatable bonds is 4. The molecular formula is C17H18F3NO2S. The van der Waals surface area contributed by atoms with Crippen molar-refractivity contribution in [3.63, 3.8) is 0 Å². The molecule has 0 aliphatic rings. The number of aryl methyl sites for hydroxylation is 2. The monoisotopic (exact) mass is 357 g/mol.